The quantitative estimate of drug-likeness (QED) is 0.426. The number of fused-ring (bicyclic) bond motifs is 1. The first-order valence-electron chi connectivity index (χ1n) is 10.3. The van der Waals surface area contributed by atoms with Gasteiger partial charge in [0, 0.05) is 36.5 Å². The van der Waals surface area contributed by atoms with Gasteiger partial charge in [-0.1, -0.05) is 0 Å². The number of nitrogens with zero attached hydrogens (tertiary/aromatic N) is 4. The van der Waals surface area contributed by atoms with Crippen LogP contribution in [0.1, 0.15) is 35.8 Å². The molecular formula is C22H20F4N6. The van der Waals surface area contributed by atoms with Crippen molar-refractivity contribution >= 4 is 16.9 Å². The number of alkyl halides is 3. The summed E-state index contributed by atoms with van der Waals surface area (Å²) in [6, 6.07) is 4.95. The van der Waals surface area contributed by atoms with Crippen molar-refractivity contribution in [2.24, 2.45) is 0 Å². The number of hydrogen-bond acceptors (Lipinski definition) is 4. The van der Waals surface area contributed by atoms with Crippen LogP contribution in [0, 0.1) is 12.7 Å². The Balaban J connectivity index is 1.36. The maximum atomic E-state index is 13.7. The van der Waals surface area contributed by atoms with E-state index in [1.165, 1.54) is 6.07 Å². The molecule has 4 aromatic rings. The largest absolute Gasteiger partial charge is 0.419 e. The highest BCUT2D eigenvalue weighted by atomic mass is 19.4. The van der Waals surface area contributed by atoms with Crippen molar-refractivity contribution in [3.05, 3.63) is 59.7 Å². The first kappa shape index (κ1) is 20.5. The summed E-state index contributed by atoms with van der Waals surface area (Å²) in [4.78, 5) is 21.8. The van der Waals surface area contributed by atoms with Gasteiger partial charge in [-0.05, 0) is 44.0 Å². The third kappa shape index (κ3) is 3.59. The number of piperidine rings is 1. The van der Waals surface area contributed by atoms with Crippen LogP contribution in [0.5, 0.6) is 0 Å². The zero-order valence-electron chi connectivity index (χ0n) is 17.2. The van der Waals surface area contributed by atoms with E-state index in [-0.39, 0.29) is 11.5 Å². The number of aromatic nitrogens is 5. The van der Waals surface area contributed by atoms with Crippen LogP contribution in [0.3, 0.4) is 0 Å². The van der Waals surface area contributed by atoms with Crippen molar-refractivity contribution in [3.8, 4) is 11.3 Å². The fourth-order valence-corrected chi connectivity index (χ4v) is 4.32. The fourth-order valence-electron chi connectivity index (χ4n) is 4.32. The minimum Gasteiger partial charge on any atom is -0.356 e. The average Bonchev–Trinajstić information content (AvgIpc) is 3.40. The van der Waals surface area contributed by atoms with Gasteiger partial charge >= 0.3 is 6.18 Å². The van der Waals surface area contributed by atoms with Crippen LogP contribution in [-0.4, -0.2) is 38.0 Å². The fraction of sp³-hybridized carbons (Fsp3) is 0.318. The van der Waals surface area contributed by atoms with Crippen LogP contribution in [0.15, 0.2) is 36.8 Å². The normalized spacial score (nSPS) is 15.6. The first-order valence-corrected chi connectivity index (χ1v) is 10.3. The molecule has 0 radical (unpaired) electrons. The number of anilines is 1. The highest BCUT2D eigenvalue weighted by Gasteiger charge is 2.34. The summed E-state index contributed by atoms with van der Waals surface area (Å²) < 4.78 is 53.0. The van der Waals surface area contributed by atoms with E-state index < -0.39 is 17.6 Å². The molecule has 6 nitrogen and oxygen atoms in total. The minimum atomic E-state index is -4.76. The van der Waals surface area contributed by atoms with E-state index in [4.69, 9.17) is 0 Å². The summed E-state index contributed by atoms with van der Waals surface area (Å²) in [5.41, 5.74) is 0.825. The van der Waals surface area contributed by atoms with Gasteiger partial charge in [-0.25, -0.2) is 19.3 Å². The van der Waals surface area contributed by atoms with Crippen molar-refractivity contribution in [1.82, 2.24) is 24.9 Å². The molecule has 0 amide bonds. The molecular weight excluding hydrogens is 424 g/mol. The van der Waals surface area contributed by atoms with Crippen LogP contribution in [0.2, 0.25) is 0 Å². The third-order valence-corrected chi connectivity index (χ3v) is 5.96. The molecule has 4 heterocycles. The lowest BCUT2D eigenvalue weighted by Gasteiger charge is -2.32. The molecule has 0 atom stereocenters. The molecule has 2 N–H and O–H groups in total. The molecule has 0 unspecified atom stereocenters. The van der Waals surface area contributed by atoms with E-state index in [1.54, 1.807) is 13.3 Å². The number of hydrogen-bond donors (Lipinski definition) is 2. The number of benzene rings is 1. The number of halogens is 4. The van der Waals surface area contributed by atoms with Crippen molar-refractivity contribution in [3.63, 3.8) is 0 Å². The lowest BCUT2D eigenvalue weighted by molar-refractivity contribution is -0.139. The zero-order valence-corrected chi connectivity index (χ0v) is 17.2. The Kier molecular flexibility index (Phi) is 4.87. The Labute approximate surface area is 180 Å². The number of nitrogens with one attached hydrogen (secondary N) is 2. The topological polar surface area (TPSA) is 73.5 Å². The Bertz CT molecular complexity index is 1270. The first-order chi connectivity index (χ1) is 15.3. The minimum absolute atomic E-state index is 0.143. The molecule has 1 saturated heterocycles. The molecule has 0 saturated carbocycles. The van der Waals surface area contributed by atoms with Gasteiger partial charge in [0.2, 0.25) is 0 Å². The predicted molar refractivity (Wildman–Crippen MR) is 112 cm³/mol. The highest BCUT2D eigenvalue weighted by Crippen LogP contribution is 2.36. The second kappa shape index (κ2) is 7.61. The molecule has 3 aromatic heterocycles. The molecule has 1 aliphatic rings. The van der Waals surface area contributed by atoms with Gasteiger partial charge in [-0.2, -0.15) is 13.2 Å². The summed E-state index contributed by atoms with van der Waals surface area (Å²) in [5, 5.41) is 0.971. The van der Waals surface area contributed by atoms with Gasteiger partial charge in [0.1, 0.15) is 29.4 Å². The van der Waals surface area contributed by atoms with Crippen molar-refractivity contribution in [2.45, 2.75) is 31.9 Å². The van der Waals surface area contributed by atoms with Gasteiger partial charge in [-0.3, -0.25) is 0 Å². The second-order valence-corrected chi connectivity index (χ2v) is 7.99. The molecule has 0 spiro atoms. The Hall–Kier alpha value is -3.43. The molecule has 1 aromatic carbocycles. The number of rotatable bonds is 3. The standard InChI is InChI=1S/C22H20F4N6/c1-12-18(14-2-3-17(23)16(10-14)22(24,25)26)31-19(30-12)13-5-8-32(9-6-13)21-15-4-7-27-20(15)28-11-29-21/h2-4,7,10-11,13H,5-6,8-9H2,1H3,(H,30,31)(H,27,28,29). The third-order valence-electron chi connectivity index (χ3n) is 5.96. The predicted octanol–water partition coefficient (Wildman–Crippen LogP) is 5.20. The van der Waals surface area contributed by atoms with Crippen molar-refractivity contribution < 1.29 is 17.6 Å². The van der Waals surface area contributed by atoms with Gasteiger partial charge in [0.25, 0.3) is 0 Å². The summed E-state index contributed by atoms with van der Waals surface area (Å²) in [6.07, 6.45) is 0.258. The van der Waals surface area contributed by atoms with E-state index in [9.17, 15) is 17.6 Å². The average molecular weight is 444 g/mol. The Morgan fingerprint density at radius 1 is 1.09 bits per heavy atom. The summed E-state index contributed by atoms with van der Waals surface area (Å²) in [5.74, 6) is 0.481. The molecule has 0 aliphatic carbocycles. The van der Waals surface area contributed by atoms with E-state index >= 15 is 0 Å². The van der Waals surface area contributed by atoms with Gasteiger partial charge in [0.05, 0.1) is 16.6 Å². The second-order valence-electron chi connectivity index (χ2n) is 7.99. The molecule has 166 valence electrons. The summed E-state index contributed by atoms with van der Waals surface area (Å²) in [7, 11) is 0. The summed E-state index contributed by atoms with van der Waals surface area (Å²) >= 11 is 0. The maximum absolute atomic E-state index is 13.7. The van der Waals surface area contributed by atoms with E-state index in [1.807, 2.05) is 12.3 Å². The van der Waals surface area contributed by atoms with Crippen LogP contribution in [0.4, 0.5) is 23.4 Å². The number of H-pyrrole nitrogens is 2. The Morgan fingerprint density at radius 2 is 1.88 bits per heavy atom. The smallest absolute Gasteiger partial charge is 0.356 e. The summed E-state index contributed by atoms with van der Waals surface area (Å²) in [6.45, 7) is 3.30. The molecule has 32 heavy (non-hydrogen) atoms. The lowest BCUT2D eigenvalue weighted by atomic mass is 9.96. The number of imidazole rings is 1. The molecule has 1 aliphatic heterocycles. The lowest BCUT2D eigenvalue weighted by Crippen LogP contribution is -2.33. The van der Waals surface area contributed by atoms with Crippen molar-refractivity contribution in [2.75, 3.05) is 18.0 Å². The number of aryl methyl sites for hydroxylation is 1. The molecule has 0 bridgehead atoms. The monoisotopic (exact) mass is 444 g/mol. The van der Waals surface area contributed by atoms with Crippen molar-refractivity contribution in [1.29, 1.82) is 0 Å². The maximum Gasteiger partial charge on any atom is 0.419 e. The Morgan fingerprint density at radius 3 is 2.62 bits per heavy atom. The number of aromatic amines is 2. The molecule has 5 rings (SSSR count). The highest BCUT2D eigenvalue weighted by molar-refractivity contribution is 5.87. The zero-order chi connectivity index (χ0) is 22.5. The van der Waals surface area contributed by atoms with Gasteiger partial charge in [-0.15, -0.1) is 0 Å². The van der Waals surface area contributed by atoms with Crippen LogP contribution in [0.25, 0.3) is 22.3 Å². The SMILES string of the molecule is Cc1[nH]c(C2CCN(c3ncnc4[nH]ccc34)CC2)nc1-c1ccc(F)c(C(F)(F)F)c1. The van der Waals surface area contributed by atoms with Crippen LogP contribution < -0.4 is 4.90 Å². The van der Waals surface area contributed by atoms with Crippen LogP contribution >= 0.6 is 0 Å². The van der Waals surface area contributed by atoms with Gasteiger partial charge in [0.15, 0.2) is 0 Å². The molecule has 10 heteroatoms. The van der Waals surface area contributed by atoms with Gasteiger partial charge < -0.3 is 14.9 Å². The molecule has 1 fully saturated rings. The van der Waals surface area contributed by atoms with E-state index in [0.29, 0.717) is 11.4 Å². The van der Waals surface area contributed by atoms with Crippen LogP contribution in [-0.2, 0) is 6.18 Å². The van der Waals surface area contributed by atoms with E-state index in [0.717, 1.165) is 60.7 Å². The van der Waals surface area contributed by atoms with E-state index in [2.05, 4.69) is 29.8 Å².